The van der Waals surface area contributed by atoms with Gasteiger partial charge in [-0.1, -0.05) is 122 Å². The van der Waals surface area contributed by atoms with E-state index in [4.69, 9.17) is 4.74 Å². The Balaban J connectivity index is 1.83. The number of hydrogen-bond donors (Lipinski definition) is 0. The summed E-state index contributed by atoms with van der Waals surface area (Å²) in [5.41, 5.74) is 5.23. The molecule has 0 N–H and O–H groups in total. The molecule has 0 aliphatic rings. The summed E-state index contributed by atoms with van der Waals surface area (Å²) in [6, 6.07) is 40.3. The van der Waals surface area contributed by atoms with Gasteiger partial charge in [0.05, 0.1) is 6.61 Å². The van der Waals surface area contributed by atoms with Crippen LogP contribution in [-0.2, 0) is 23.4 Å². The van der Waals surface area contributed by atoms with Crippen molar-refractivity contribution in [3.8, 4) is 0 Å². The Morgan fingerprint density at radius 2 is 0.897 bits per heavy atom. The molecule has 0 aliphatic heterocycles. The smallest absolute Gasteiger partial charge is 0.144 e. The Bertz CT molecular complexity index is 909. The summed E-state index contributed by atoms with van der Waals surface area (Å²) < 4.78 is 6.85. The molecule has 0 saturated heterocycles. The van der Waals surface area contributed by atoms with Crippen molar-refractivity contribution in [2.75, 3.05) is 0 Å². The van der Waals surface area contributed by atoms with Crippen LogP contribution in [0.3, 0.4) is 0 Å². The van der Waals surface area contributed by atoms with Gasteiger partial charge in [-0.05, 0) is 34.2 Å². The molecule has 0 aromatic heterocycles. The van der Waals surface area contributed by atoms with Gasteiger partial charge in [-0.15, -0.1) is 0 Å². The van der Waals surface area contributed by atoms with Gasteiger partial charge in [0.25, 0.3) is 0 Å². The summed E-state index contributed by atoms with van der Waals surface area (Å²) in [5.74, 6) is 0. The average molecular weight is 379 g/mol. The van der Waals surface area contributed by atoms with Crippen LogP contribution in [0.2, 0.25) is 0 Å². The topological polar surface area (TPSA) is 9.23 Å². The van der Waals surface area contributed by atoms with E-state index in [1.807, 2.05) is 18.2 Å². The van der Waals surface area contributed by atoms with Crippen molar-refractivity contribution in [2.24, 2.45) is 0 Å². The Hall–Kier alpha value is -3.16. The highest BCUT2D eigenvalue weighted by Crippen LogP contribution is 2.41. The quantitative estimate of drug-likeness (QED) is 0.323. The van der Waals surface area contributed by atoms with Crippen LogP contribution in [0.15, 0.2) is 115 Å². The molecule has 4 aromatic rings. The highest BCUT2D eigenvalue weighted by atomic mass is 16.5. The van der Waals surface area contributed by atoms with E-state index in [9.17, 15) is 0 Å². The van der Waals surface area contributed by atoms with Crippen LogP contribution < -0.4 is 0 Å². The summed E-state index contributed by atoms with van der Waals surface area (Å²) >= 11 is 0. The second kappa shape index (κ2) is 8.89. The second-order valence-electron chi connectivity index (χ2n) is 7.24. The van der Waals surface area contributed by atoms with Gasteiger partial charge in [0.15, 0.2) is 0 Å². The molecule has 0 fully saturated rings. The number of aryl methyl sites for hydroxylation is 1. The molecule has 0 bridgehead atoms. The predicted octanol–water partition coefficient (Wildman–Crippen LogP) is 6.76. The van der Waals surface area contributed by atoms with Crippen molar-refractivity contribution in [3.63, 3.8) is 0 Å². The maximum absolute atomic E-state index is 6.85. The van der Waals surface area contributed by atoms with Crippen molar-refractivity contribution in [3.05, 3.63) is 143 Å². The monoisotopic (exact) mass is 378 g/mol. The van der Waals surface area contributed by atoms with Crippen LogP contribution in [0, 0.1) is 0 Å². The van der Waals surface area contributed by atoms with E-state index in [0.717, 1.165) is 23.1 Å². The number of rotatable bonds is 7. The van der Waals surface area contributed by atoms with Crippen LogP contribution in [0.1, 0.15) is 34.7 Å². The first kappa shape index (κ1) is 19.2. The Labute approximate surface area is 173 Å². The maximum atomic E-state index is 6.85. The van der Waals surface area contributed by atoms with E-state index in [0.29, 0.717) is 6.61 Å². The normalized spacial score (nSPS) is 11.3. The molecule has 0 radical (unpaired) electrons. The van der Waals surface area contributed by atoms with Gasteiger partial charge in [0, 0.05) is 0 Å². The van der Waals surface area contributed by atoms with Crippen molar-refractivity contribution in [2.45, 2.75) is 25.6 Å². The highest BCUT2D eigenvalue weighted by molar-refractivity contribution is 5.47. The average Bonchev–Trinajstić information content (AvgIpc) is 2.82. The van der Waals surface area contributed by atoms with E-state index < -0.39 is 5.60 Å². The predicted molar refractivity (Wildman–Crippen MR) is 120 cm³/mol. The molecule has 0 atom stereocenters. The van der Waals surface area contributed by atoms with Crippen LogP contribution in [0.25, 0.3) is 0 Å². The minimum atomic E-state index is -0.673. The molecule has 0 amide bonds. The molecule has 144 valence electrons. The molecule has 1 heteroatoms. The number of ether oxygens (including phenoxy) is 1. The Morgan fingerprint density at radius 3 is 1.28 bits per heavy atom. The lowest BCUT2D eigenvalue weighted by Crippen LogP contribution is -2.32. The van der Waals surface area contributed by atoms with Crippen molar-refractivity contribution >= 4 is 0 Å². The maximum Gasteiger partial charge on any atom is 0.144 e. The second-order valence-corrected chi connectivity index (χ2v) is 7.24. The summed E-state index contributed by atoms with van der Waals surface area (Å²) in [6.07, 6.45) is 1.04. The minimum Gasteiger partial charge on any atom is -0.356 e. The lowest BCUT2D eigenvalue weighted by atomic mass is 9.80. The molecule has 0 saturated carbocycles. The van der Waals surface area contributed by atoms with Crippen LogP contribution in [-0.4, -0.2) is 0 Å². The molecule has 29 heavy (non-hydrogen) atoms. The fourth-order valence-corrected chi connectivity index (χ4v) is 3.83. The van der Waals surface area contributed by atoms with Crippen molar-refractivity contribution < 1.29 is 4.74 Å². The highest BCUT2D eigenvalue weighted by Gasteiger charge is 2.37. The first-order valence-corrected chi connectivity index (χ1v) is 10.2. The third-order valence-electron chi connectivity index (χ3n) is 5.43. The van der Waals surface area contributed by atoms with Crippen molar-refractivity contribution in [1.82, 2.24) is 0 Å². The zero-order valence-corrected chi connectivity index (χ0v) is 16.8. The van der Waals surface area contributed by atoms with E-state index in [-0.39, 0.29) is 0 Å². The molecule has 4 rings (SSSR count). The van der Waals surface area contributed by atoms with Gasteiger partial charge in [0.2, 0.25) is 0 Å². The van der Waals surface area contributed by atoms with Crippen LogP contribution >= 0.6 is 0 Å². The van der Waals surface area contributed by atoms with Gasteiger partial charge >= 0.3 is 0 Å². The Morgan fingerprint density at radius 1 is 0.517 bits per heavy atom. The van der Waals surface area contributed by atoms with Crippen LogP contribution in [0.4, 0.5) is 0 Å². The molecular weight excluding hydrogens is 352 g/mol. The van der Waals surface area contributed by atoms with E-state index >= 15 is 0 Å². The van der Waals surface area contributed by atoms with Gasteiger partial charge < -0.3 is 4.74 Å². The molecule has 0 spiro atoms. The molecule has 4 aromatic carbocycles. The summed E-state index contributed by atoms with van der Waals surface area (Å²) in [4.78, 5) is 0. The first-order chi connectivity index (χ1) is 14.3. The molecule has 1 nitrogen and oxygen atoms in total. The van der Waals surface area contributed by atoms with E-state index in [1.54, 1.807) is 0 Å². The molecule has 0 unspecified atom stereocenters. The lowest BCUT2D eigenvalue weighted by molar-refractivity contribution is 0.000239. The summed E-state index contributed by atoms with van der Waals surface area (Å²) in [7, 11) is 0. The number of hydrogen-bond acceptors (Lipinski definition) is 1. The SMILES string of the molecule is CCc1ccc(COC(c2ccccc2)(c2ccccc2)c2ccccc2)cc1. The van der Waals surface area contributed by atoms with Crippen molar-refractivity contribution in [1.29, 1.82) is 0 Å². The van der Waals surface area contributed by atoms with Gasteiger partial charge in [-0.2, -0.15) is 0 Å². The first-order valence-electron chi connectivity index (χ1n) is 10.2. The number of benzene rings is 4. The zero-order valence-electron chi connectivity index (χ0n) is 16.8. The zero-order chi connectivity index (χ0) is 19.9. The third kappa shape index (κ3) is 4.01. The molecular formula is C28H26O. The Kier molecular flexibility index (Phi) is 5.88. The lowest BCUT2D eigenvalue weighted by Gasteiger charge is -2.36. The standard InChI is InChI=1S/C28H26O/c1-2-23-18-20-24(21-19-23)22-29-28(25-12-6-3-7-13-25,26-14-8-4-9-15-26)27-16-10-5-11-17-27/h3-21H,2,22H2,1H3. The van der Waals surface area contributed by atoms with Gasteiger partial charge in [-0.25, -0.2) is 0 Å². The van der Waals surface area contributed by atoms with E-state index in [2.05, 4.69) is 104 Å². The minimum absolute atomic E-state index is 0.530. The summed E-state index contributed by atoms with van der Waals surface area (Å²) in [5, 5.41) is 0. The van der Waals surface area contributed by atoms with E-state index in [1.165, 1.54) is 11.1 Å². The fraction of sp³-hybridized carbons (Fsp3) is 0.143. The summed E-state index contributed by atoms with van der Waals surface area (Å²) in [6.45, 7) is 2.71. The molecule has 0 heterocycles. The van der Waals surface area contributed by atoms with Gasteiger partial charge in [0.1, 0.15) is 5.60 Å². The fourth-order valence-electron chi connectivity index (χ4n) is 3.83. The third-order valence-corrected chi connectivity index (χ3v) is 5.43. The largest absolute Gasteiger partial charge is 0.356 e. The van der Waals surface area contributed by atoms with Crippen LogP contribution in [0.5, 0.6) is 0 Å². The van der Waals surface area contributed by atoms with Gasteiger partial charge in [-0.3, -0.25) is 0 Å². The molecule has 0 aliphatic carbocycles.